The van der Waals surface area contributed by atoms with Crippen LogP contribution >= 0.6 is 0 Å². The zero-order valence-corrected chi connectivity index (χ0v) is 13.2. The van der Waals surface area contributed by atoms with Crippen molar-refractivity contribution in [3.63, 3.8) is 0 Å². The largest absolute Gasteiger partial charge is 0.497 e. The molecule has 2 rings (SSSR count). The predicted octanol–water partition coefficient (Wildman–Crippen LogP) is 3.38. The van der Waals surface area contributed by atoms with Crippen LogP contribution in [0.15, 0.2) is 48.5 Å². The molecule has 2 aromatic rings. The Morgan fingerprint density at radius 3 is 2.04 bits per heavy atom. The van der Waals surface area contributed by atoms with Crippen LogP contribution in [0, 0.1) is 0 Å². The Bertz CT molecular complexity index is 758. The van der Waals surface area contributed by atoms with Gasteiger partial charge in [-0.2, -0.15) is 13.2 Å². The summed E-state index contributed by atoms with van der Waals surface area (Å²) in [5.41, 5.74) is 0.654. The van der Waals surface area contributed by atoms with Crippen molar-refractivity contribution in [3.8, 4) is 5.75 Å². The number of benzene rings is 2. The van der Waals surface area contributed by atoms with Crippen LogP contribution in [-0.2, 0) is 16.0 Å². The summed E-state index contributed by atoms with van der Waals surface area (Å²) in [4.78, 5) is 23.2. The number of anilines is 2. The van der Waals surface area contributed by atoms with E-state index >= 15 is 0 Å². The predicted molar refractivity (Wildman–Crippen MR) is 86.5 cm³/mol. The van der Waals surface area contributed by atoms with E-state index in [2.05, 4.69) is 5.32 Å². The molecule has 0 aliphatic heterocycles. The van der Waals surface area contributed by atoms with E-state index in [1.165, 1.54) is 31.4 Å². The van der Waals surface area contributed by atoms with Crippen LogP contribution < -0.4 is 15.4 Å². The third-order valence-corrected chi connectivity index (χ3v) is 3.23. The SMILES string of the molecule is COc1ccc(CC(=O)Nc2ccccc2NC(=O)C(F)(F)F)cc1. The van der Waals surface area contributed by atoms with E-state index in [1.807, 2.05) is 0 Å². The molecule has 25 heavy (non-hydrogen) atoms. The Hall–Kier alpha value is -3.03. The van der Waals surface area contributed by atoms with Crippen LogP contribution in [0.25, 0.3) is 0 Å². The molecule has 0 aliphatic rings. The minimum absolute atomic E-state index is 0.0194. The van der Waals surface area contributed by atoms with E-state index in [0.29, 0.717) is 11.3 Å². The molecule has 0 spiro atoms. The van der Waals surface area contributed by atoms with Crippen molar-refractivity contribution in [2.75, 3.05) is 17.7 Å². The Balaban J connectivity index is 2.06. The van der Waals surface area contributed by atoms with Gasteiger partial charge in [-0.15, -0.1) is 0 Å². The monoisotopic (exact) mass is 352 g/mol. The lowest BCUT2D eigenvalue weighted by Gasteiger charge is -2.13. The molecule has 0 unspecified atom stereocenters. The lowest BCUT2D eigenvalue weighted by Crippen LogP contribution is -2.30. The zero-order chi connectivity index (χ0) is 18.4. The minimum atomic E-state index is -5.01. The number of alkyl halides is 3. The first-order chi connectivity index (χ1) is 11.8. The Kier molecular flexibility index (Phi) is 5.63. The summed E-state index contributed by atoms with van der Waals surface area (Å²) in [6, 6.07) is 12.5. The minimum Gasteiger partial charge on any atom is -0.497 e. The molecule has 0 saturated heterocycles. The highest BCUT2D eigenvalue weighted by molar-refractivity contribution is 6.01. The molecular formula is C17H15F3N2O3. The summed E-state index contributed by atoms with van der Waals surface area (Å²) in [7, 11) is 1.52. The van der Waals surface area contributed by atoms with E-state index in [0.717, 1.165) is 0 Å². The van der Waals surface area contributed by atoms with Crippen LogP contribution in [0.5, 0.6) is 5.75 Å². The van der Waals surface area contributed by atoms with Crippen molar-refractivity contribution in [3.05, 3.63) is 54.1 Å². The lowest BCUT2D eigenvalue weighted by atomic mass is 10.1. The van der Waals surface area contributed by atoms with Crippen LogP contribution in [0.2, 0.25) is 0 Å². The molecule has 0 aromatic heterocycles. The molecule has 132 valence electrons. The lowest BCUT2D eigenvalue weighted by molar-refractivity contribution is -0.167. The molecule has 0 fully saturated rings. The molecule has 0 atom stereocenters. The van der Waals surface area contributed by atoms with Gasteiger partial charge in [0, 0.05) is 0 Å². The summed E-state index contributed by atoms with van der Waals surface area (Å²) in [6.07, 6.45) is -4.99. The molecule has 0 heterocycles. The maximum absolute atomic E-state index is 12.4. The van der Waals surface area contributed by atoms with Crippen molar-refractivity contribution >= 4 is 23.2 Å². The van der Waals surface area contributed by atoms with E-state index in [1.54, 1.807) is 29.6 Å². The average Bonchev–Trinajstić information content (AvgIpc) is 2.56. The summed E-state index contributed by atoms with van der Waals surface area (Å²) >= 11 is 0. The quantitative estimate of drug-likeness (QED) is 0.867. The Morgan fingerprint density at radius 1 is 0.960 bits per heavy atom. The molecule has 0 bridgehead atoms. The Morgan fingerprint density at radius 2 is 1.52 bits per heavy atom. The van der Waals surface area contributed by atoms with Crippen molar-refractivity contribution < 1.29 is 27.5 Å². The van der Waals surface area contributed by atoms with Gasteiger partial charge in [0.15, 0.2) is 0 Å². The molecular weight excluding hydrogens is 337 g/mol. The zero-order valence-electron chi connectivity index (χ0n) is 13.2. The molecule has 2 aromatic carbocycles. The van der Waals surface area contributed by atoms with E-state index in [9.17, 15) is 22.8 Å². The van der Waals surface area contributed by atoms with Crippen LogP contribution in [0.3, 0.4) is 0 Å². The van der Waals surface area contributed by atoms with Gasteiger partial charge in [-0.25, -0.2) is 0 Å². The first-order valence-electron chi connectivity index (χ1n) is 7.19. The topological polar surface area (TPSA) is 67.4 Å². The number of carbonyl (C=O) groups is 2. The summed E-state index contributed by atoms with van der Waals surface area (Å²) in [6.45, 7) is 0. The van der Waals surface area contributed by atoms with E-state index in [-0.39, 0.29) is 17.8 Å². The van der Waals surface area contributed by atoms with Gasteiger partial charge in [0.2, 0.25) is 5.91 Å². The van der Waals surface area contributed by atoms with Gasteiger partial charge in [-0.3, -0.25) is 9.59 Å². The number of para-hydroxylation sites is 2. The number of carbonyl (C=O) groups excluding carboxylic acids is 2. The van der Waals surface area contributed by atoms with Gasteiger partial charge in [-0.1, -0.05) is 24.3 Å². The molecule has 8 heteroatoms. The van der Waals surface area contributed by atoms with Crippen LogP contribution in [0.1, 0.15) is 5.56 Å². The Labute approximate surface area is 141 Å². The standard InChI is InChI=1S/C17H15F3N2O3/c1-25-12-8-6-11(7-9-12)10-15(23)21-13-4-2-3-5-14(13)22-16(24)17(18,19)20/h2-9H,10H2,1H3,(H,21,23)(H,22,24). The molecule has 0 saturated carbocycles. The summed E-state index contributed by atoms with van der Waals surface area (Å²) in [5, 5.41) is 4.23. The number of amides is 2. The average molecular weight is 352 g/mol. The van der Waals surface area contributed by atoms with Gasteiger partial charge in [0.25, 0.3) is 0 Å². The molecule has 0 aliphatic carbocycles. The molecule has 2 amide bonds. The van der Waals surface area contributed by atoms with Crippen molar-refractivity contribution in [1.29, 1.82) is 0 Å². The summed E-state index contributed by atoms with van der Waals surface area (Å²) in [5.74, 6) is -1.90. The van der Waals surface area contributed by atoms with E-state index < -0.39 is 18.0 Å². The fourth-order valence-electron chi connectivity index (χ4n) is 2.02. The number of rotatable bonds is 5. The van der Waals surface area contributed by atoms with Gasteiger partial charge >= 0.3 is 12.1 Å². The van der Waals surface area contributed by atoms with Crippen LogP contribution in [0.4, 0.5) is 24.5 Å². The van der Waals surface area contributed by atoms with Crippen molar-refractivity contribution in [1.82, 2.24) is 0 Å². The fraction of sp³-hybridized carbons (Fsp3) is 0.176. The van der Waals surface area contributed by atoms with Gasteiger partial charge in [0.05, 0.1) is 24.9 Å². The highest BCUT2D eigenvalue weighted by atomic mass is 19.4. The number of methoxy groups -OCH3 is 1. The number of hydrogen-bond acceptors (Lipinski definition) is 3. The third kappa shape index (κ3) is 5.23. The smallest absolute Gasteiger partial charge is 0.471 e. The van der Waals surface area contributed by atoms with Gasteiger partial charge < -0.3 is 15.4 Å². The summed E-state index contributed by atoms with van der Waals surface area (Å²) < 4.78 is 42.1. The number of halogens is 3. The number of nitrogens with one attached hydrogen (secondary N) is 2. The maximum atomic E-state index is 12.4. The van der Waals surface area contributed by atoms with Crippen molar-refractivity contribution in [2.45, 2.75) is 12.6 Å². The second kappa shape index (κ2) is 7.69. The molecule has 0 radical (unpaired) electrons. The molecule has 5 nitrogen and oxygen atoms in total. The highest BCUT2D eigenvalue weighted by Gasteiger charge is 2.39. The second-order valence-electron chi connectivity index (χ2n) is 5.07. The normalized spacial score (nSPS) is 10.9. The van der Waals surface area contributed by atoms with Gasteiger partial charge in [-0.05, 0) is 29.8 Å². The van der Waals surface area contributed by atoms with Crippen LogP contribution in [-0.4, -0.2) is 25.1 Å². The number of hydrogen-bond donors (Lipinski definition) is 2. The fourth-order valence-corrected chi connectivity index (χ4v) is 2.02. The first-order valence-corrected chi connectivity index (χ1v) is 7.19. The van der Waals surface area contributed by atoms with Crippen molar-refractivity contribution in [2.24, 2.45) is 0 Å². The van der Waals surface area contributed by atoms with E-state index in [4.69, 9.17) is 4.74 Å². The first kappa shape index (κ1) is 18.3. The highest BCUT2D eigenvalue weighted by Crippen LogP contribution is 2.24. The number of ether oxygens (including phenoxy) is 1. The second-order valence-corrected chi connectivity index (χ2v) is 5.07. The van der Waals surface area contributed by atoms with Gasteiger partial charge in [0.1, 0.15) is 5.75 Å². The maximum Gasteiger partial charge on any atom is 0.471 e. The third-order valence-electron chi connectivity index (χ3n) is 3.23. The molecule has 2 N–H and O–H groups in total.